The van der Waals surface area contributed by atoms with E-state index in [1.54, 1.807) is 24.3 Å². The van der Waals surface area contributed by atoms with E-state index in [1.165, 1.54) is 0 Å². The summed E-state index contributed by atoms with van der Waals surface area (Å²) in [6, 6.07) is 18.3. The van der Waals surface area contributed by atoms with Gasteiger partial charge in [0.2, 0.25) is 0 Å². The predicted molar refractivity (Wildman–Crippen MR) is 71.3 cm³/mol. The molecular formula is C12H13N2O3P. The molecule has 2 N–H and O–H groups in total. The molecule has 2 aromatic rings. The highest BCUT2D eigenvalue weighted by Crippen LogP contribution is 2.25. The molecule has 94 valence electrons. The number of benzene rings is 2. The van der Waals surface area contributed by atoms with Gasteiger partial charge in [-0.15, -0.1) is 0 Å². The largest absolute Gasteiger partial charge is 0.361 e. The van der Waals surface area contributed by atoms with Crippen molar-refractivity contribution in [2.24, 2.45) is 0 Å². The molecule has 2 rings (SSSR count). The van der Waals surface area contributed by atoms with Crippen LogP contribution in [0.25, 0.3) is 0 Å². The van der Waals surface area contributed by atoms with E-state index < -0.39 is 8.25 Å². The molecule has 0 aliphatic rings. The number of rotatable bonds is 6. The molecule has 0 atom stereocenters. The van der Waals surface area contributed by atoms with Gasteiger partial charge in [0.15, 0.2) is 0 Å². The van der Waals surface area contributed by atoms with E-state index >= 15 is 0 Å². The molecule has 6 heteroatoms. The Morgan fingerprint density at radius 2 is 1.11 bits per heavy atom. The molecular weight excluding hydrogens is 251 g/mol. The first-order chi connectivity index (χ1) is 8.84. The molecule has 0 aromatic heterocycles. The van der Waals surface area contributed by atoms with Crippen LogP contribution in [0.5, 0.6) is 0 Å². The van der Waals surface area contributed by atoms with E-state index in [2.05, 4.69) is 11.0 Å². The van der Waals surface area contributed by atoms with Gasteiger partial charge in [-0.2, -0.15) is 9.25 Å². The summed E-state index contributed by atoms with van der Waals surface area (Å²) in [5, 5.41) is 0. The summed E-state index contributed by atoms with van der Waals surface area (Å²) in [4.78, 5) is 0. The summed E-state index contributed by atoms with van der Waals surface area (Å²) in [7, 11) is -2.66. The quantitative estimate of drug-likeness (QED) is 0.618. The van der Waals surface area contributed by atoms with Crippen LogP contribution in [-0.2, 0) is 13.8 Å². The normalized spacial score (nSPS) is 10.3. The van der Waals surface area contributed by atoms with Gasteiger partial charge in [-0.25, -0.2) is 0 Å². The molecule has 0 bridgehead atoms. The topological polar surface area (TPSA) is 59.6 Å². The maximum absolute atomic E-state index is 11.4. The summed E-state index contributed by atoms with van der Waals surface area (Å²) in [5.74, 6) is 0. The average Bonchev–Trinajstić information content (AvgIpc) is 2.45. The minimum atomic E-state index is -2.66. The van der Waals surface area contributed by atoms with Gasteiger partial charge in [-0.3, -0.25) is 15.5 Å². The van der Waals surface area contributed by atoms with Gasteiger partial charge in [0, 0.05) is 0 Å². The van der Waals surface area contributed by atoms with E-state index in [0.29, 0.717) is 11.4 Å². The lowest BCUT2D eigenvalue weighted by Crippen LogP contribution is -1.99. The zero-order valence-electron chi connectivity index (χ0n) is 9.50. The Kier molecular flexibility index (Phi) is 4.78. The minimum Gasteiger partial charge on any atom is -0.259 e. The van der Waals surface area contributed by atoms with Crippen molar-refractivity contribution in [3.05, 3.63) is 60.7 Å². The fraction of sp³-hybridized carbons (Fsp3) is 0. The standard InChI is InChI=1S/C12H13N2O3P/c15-18(16-13-11-7-3-1-4-8-11)17-14-12-9-5-2-6-10-12/h1-10,13-14,18H. The van der Waals surface area contributed by atoms with E-state index in [4.69, 9.17) is 9.25 Å². The monoisotopic (exact) mass is 264 g/mol. The van der Waals surface area contributed by atoms with Crippen LogP contribution in [0, 0.1) is 0 Å². The van der Waals surface area contributed by atoms with Gasteiger partial charge in [0.1, 0.15) is 0 Å². The van der Waals surface area contributed by atoms with Crippen molar-refractivity contribution in [1.82, 2.24) is 0 Å². The second-order valence-corrected chi connectivity index (χ2v) is 4.30. The van der Waals surface area contributed by atoms with Crippen LogP contribution in [0.1, 0.15) is 0 Å². The Morgan fingerprint density at radius 3 is 1.50 bits per heavy atom. The molecule has 0 unspecified atom stereocenters. The first kappa shape index (κ1) is 12.6. The molecule has 2 aromatic carbocycles. The summed E-state index contributed by atoms with van der Waals surface area (Å²) < 4.78 is 21.1. The van der Waals surface area contributed by atoms with Crippen LogP contribution in [0.4, 0.5) is 11.4 Å². The summed E-state index contributed by atoms with van der Waals surface area (Å²) >= 11 is 0. The Labute approximate surface area is 106 Å². The first-order valence-corrected chi connectivity index (χ1v) is 6.57. The molecule has 0 saturated carbocycles. The van der Waals surface area contributed by atoms with E-state index in [0.717, 1.165) is 0 Å². The fourth-order valence-corrected chi connectivity index (χ4v) is 1.68. The fourth-order valence-electron chi connectivity index (χ4n) is 1.23. The van der Waals surface area contributed by atoms with Crippen molar-refractivity contribution in [2.75, 3.05) is 11.0 Å². The summed E-state index contributed by atoms with van der Waals surface area (Å²) in [6.07, 6.45) is 0. The van der Waals surface area contributed by atoms with Crippen LogP contribution in [0.15, 0.2) is 60.7 Å². The molecule has 5 nitrogen and oxygen atoms in total. The van der Waals surface area contributed by atoms with Crippen LogP contribution < -0.4 is 11.0 Å². The van der Waals surface area contributed by atoms with E-state index in [9.17, 15) is 4.57 Å². The highest BCUT2D eigenvalue weighted by molar-refractivity contribution is 7.33. The number of nitrogens with one attached hydrogen (secondary N) is 2. The zero-order chi connectivity index (χ0) is 12.6. The summed E-state index contributed by atoms with van der Waals surface area (Å²) in [5.41, 5.74) is 6.51. The highest BCUT2D eigenvalue weighted by Gasteiger charge is 2.00. The Bertz CT molecular complexity index is 448. The van der Waals surface area contributed by atoms with Gasteiger partial charge in [-0.1, -0.05) is 36.4 Å². The van der Waals surface area contributed by atoms with Gasteiger partial charge >= 0.3 is 8.25 Å². The van der Waals surface area contributed by atoms with E-state index in [-0.39, 0.29) is 0 Å². The van der Waals surface area contributed by atoms with E-state index in [1.807, 2.05) is 36.4 Å². The van der Waals surface area contributed by atoms with Gasteiger partial charge in [-0.05, 0) is 24.3 Å². The number of hydrogen-bond donors (Lipinski definition) is 2. The third-order valence-electron chi connectivity index (χ3n) is 2.05. The molecule has 18 heavy (non-hydrogen) atoms. The van der Waals surface area contributed by atoms with Crippen molar-refractivity contribution < 1.29 is 13.8 Å². The molecule has 0 heterocycles. The maximum atomic E-state index is 11.4. The Hall–Kier alpha value is -1.81. The molecule has 0 fully saturated rings. The van der Waals surface area contributed by atoms with Crippen LogP contribution in [-0.4, -0.2) is 0 Å². The molecule has 0 aliphatic carbocycles. The smallest absolute Gasteiger partial charge is 0.259 e. The molecule has 0 saturated heterocycles. The second kappa shape index (κ2) is 6.81. The number of hydrogen-bond acceptors (Lipinski definition) is 5. The zero-order valence-corrected chi connectivity index (χ0v) is 10.5. The maximum Gasteiger partial charge on any atom is 0.361 e. The van der Waals surface area contributed by atoms with Crippen molar-refractivity contribution in [3.63, 3.8) is 0 Å². The molecule has 0 aliphatic heterocycles. The lowest BCUT2D eigenvalue weighted by atomic mass is 10.3. The Morgan fingerprint density at radius 1 is 0.722 bits per heavy atom. The van der Waals surface area contributed by atoms with Gasteiger partial charge < -0.3 is 0 Å². The van der Waals surface area contributed by atoms with Gasteiger partial charge in [0.25, 0.3) is 0 Å². The Balaban J connectivity index is 1.73. The number of anilines is 2. The van der Waals surface area contributed by atoms with Crippen molar-refractivity contribution in [1.29, 1.82) is 0 Å². The van der Waals surface area contributed by atoms with Gasteiger partial charge in [0.05, 0.1) is 11.4 Å². The highest BCUT2D eigenvalue weighted by atomic mass is 31.1. The van der Waals surface area contributed by atoms with Crippen molar-refractivity contribution in [3.8, 4) is 0 Å². The molecule has 0 radical (unpaired) electrons. The third-order valence-corrected chi connectivity index (χ3v) is 2.59. The second-order valence-electron chi connectivity index (χ2n) is 3.39. The first-order valence-electron chi connectivity index (χ1n) is 5.34. The molecule has 0 spiro atoms. The van der Waals surface area contributed by atoms with Crippen molar-refractivity contribution in [2.45, 2.75) is 0 Å². The lowest BCUT2D eigenvalue weighted by Gasteiger charge is -2.08. The van der Waals surface area contributed by atoms with Crippen molar-refractivity contribution >= 4 is 19.6 Å². The SMILES string of the molecule is O=[PH](ONc1ccccc1)ONc1ccccc1. The number of para-hydroxylation sites is 2. The minimum absolute atomic E-state index is 0.708. The third kappa shape index (κ3) is 4.22. The summed E-state index contributed by atoms with van der Waals surface area (Å²) in [6.45, 7) is 0. The lowest BCUT2D eigenvalue weighted by molar-refractivity contribution is 0.296. The van der Waals surface area contributed by atoms with Crippen LogP contribution in [0.2, 0.25) is 0 Å². The van der Waals surface area contributed by atoms with Crippen LogP contribution in [0.3, 0.4) is 0 Å². The average molecular weight is 264 g/mol. The van der Waals surface area contributed by atoms with Crippen LogP contribution >= 0.6 is 8.25 Å². The predicted octanol–water partition coefficient (Wildman–Crippen LogP) is 3.46. The molecule has 0 amide bonds.